The quantitative estimate of drug-likeness (QED) is 0.885. The largest absolute Gasteiger partial charge is 0.335 e. The molecule has 2 amide bonds. The van der Waals surface area contributed by atoms with Crippen LogP contribution in [0.25, 0.3) is 0 Å². The number of nitrogens with one attached hydrogen (secondary N) is 2. The van der Waals surface area contributed by atoms with Gasteiger partial charge < -0.3 is 10.6 Å². The Labute approximate surface area is 126 Å². The molecule has 1 aliphatic carbocycles. The summed E-state index contributed by atoms with van der Waals surface area (Å²) in [6.45, 7) is 0.236. The van der Waals surface area contributed by atoms with Gasteiger partial charge in [0.15, 0.2) is 5.82 Å². The molecule has 0 unspecified atom stereocenters. The SMILES string of the molecule is Cn1nnc(CNC(=O)NC2CC(c3cccc(F)c3)C2)n1. The highest BCUT2D eigenvalue weighted by Crippen LogP contribution is 2.36. The Kier molecular flexibility index (Phi) is 3.99. The van der Waals surface area contributed by atoms with Crippen LogP contribution in [-0.4, -0.2) is 32.3 Å². The van der Waals surface area contributed by atoms with Crippen molar-refractivity contribution >= 4 is 6.03 Å². The summed E-state index contributed by atoms with van der Waals surface area (Å²) < 4.78 is 13.2. The maximum absolute atomic E-state index is 13.2. The number of aromatic nitrogens is 4. The Morgan fingerprint density at radius 1 is 1.45 bits per heavy atom. The topological polar surface area (TPSA) is 84.7 Å². The number of hydrogen-bond acceptors (Lipinski definition) is 4. The van der Waals surface area contributed by atoms with Crippen molar-refractivity contribution in [2.75, 3.05) is 0 Å². The summed E-state index contributed by atoms with van der Waals surface area (Å²) in [5, 5.41) is 17.0. The Balaban J connectivity index is 1.41. The molecular formula is C14H17FN6O. The van der Waals surface area contributed by atoms with E-state index in [-0.39, 0.29) is 24.4 Å². The lowest BCUT2D eigenvalue weighted by molar-refractivity contribution is 0.222. The molecule has 1 aromatic heterocycles. The fraction of sp³-hybridized carbons (Fsp3) is 0.429. The number of amides is 2. The molecule has 1 heterocycles. The van der Waals surface area contributed by atoms with Gasteiger partial charge in [0.05, 0.1) is 13.6 Å². The minimum absolute atomic E-state index is 0.114. The van der Waals surface area contributed by atoms with Crippen molar-refractivity contribution in [3.63, 3.8) is 0 Å². The highest BCUT2D eigenvalue weighted by atomic mass is 19.1. The van der Waals surface area contributed by atoms with Gasteiger partial charge in [0.2, 0.25) is 0 Å². The molecule has 1 aliphatic rings. The Morgan fingerprint density at radius 3 is 2.95 bits per heavy atom. The third-order valence-corrected chi connectivity index (χ3v) is 3.75. The Hall–Kier alpha value is -2.51. The summed E-state index contributed by atoms with van der Waals surface area (Å²) in [5.74, 6) is 0.551. The van der Waals surface area contributed by atoms with Crippen LogP contribution in [0, 0.1) is 5.82 Å². The molecule has 0 saturated heterocycles. The normalized spacial score (nSPS) is 20.3. The van der Waals surface area contributed by atoms with Crippen LogP contribution < -0.4 is 10.6 Å². The minimum atomic E-state index is -0.254. The Bertz CT molecular complexity index is 667. The van der Waals surface area contributed by atoms with E-state index < -0.39 is 0 Å². The number of halogens is 1. The average molecular weight is 304 g/mol. The lowest BCUT2D eigenvalue weighted by Crippen LogP contribution is -2.47. The Morgan fingerprint density at radius 2 is 2.27 bits per heavy atom. The molecule has 7 nitrogen and oxygen atoms in total. The predicted octanol–water partition coefficient (Wildman–Crippen LogP) is 1.09. The van der Waals surface area contributed by atoms with Gasteiger partial charge in [0, 0.05) is 6.04 Å². The number of benzene rings is 1. The zero-order valence-electron chi connectivity index (χ0n) is 12.2. The second-order valence-electron chi connectivity index (χ2n) is 5.44. The number of urea groups is 1. The highest BCUT2D eigenvalue weighted by Gasteiger charge is 2.31. The van der Waals surface area contributed by atoms with E-state index in [1.54, 1.807) is 19.2 Å². The lowest BCUT2D eigenvalue weighted by Gasteiger charge is -2.36. The van der Waals surface area contributed by atoms with Crippen molar-refractivity contribution < 1.29 is 9.18 Å². The molecule has 0 bridgehead atoms. The van der Waals surface area contributed by atoms with E-state index in [0.29, 0.717) is 11.7 Å². The fourth-order valence-electron chi connectivity index (χ4n) is 2.56. The maximum Gasteiger partial charge on any atom is 0.315 e. The molecule has 0 spiro atoms. The van der Waals surface area contributed by atoms with E-state index in [9.17, 15) is 9.18 Å². The first-order valence-corrected chi connectivity index (χ1v) is 7.13. The standard InChI is InChI=1S/C14H17FN6O/c1-21-19-13(18-20-21)8-16-14(22)17-12-6-10(7-12)9-3-2-4-11(15)5-9/h2-5,10,12H,6-8H2,1H3,(H2,16,17,22). The van der Waals surface area contributed by atoms with E-state index in [2.05, 4.69) is 26.0 Å². The molecular weight excluding hydrogens is 287 g/mol. The molecule has 8 heteroatoms. The predicted molar refractivity (Wildman–Crippen MR) is 76.3 cm³/mol. The minimum Gasteiger partial charge on any atom is -0.335 e. The first kappa shape index (κ1) is 14.4. The van der Waals surface area contributed by atoms with Crippen molar-refractivity contribution in [1.82, 2.24) is 30.8 Å². The van der Waals surface area contributed by atoms with E-state index in [1.807, 2.05) is 6.07 Å². The molecule has 0 radical (unpaired) electrons. The van der Waals surface area contributed by atoms with Crippen LogP contribution in [0.5, 0.6) is 0 Å². The third kappa shape index (κ3) is 3.38. The first-order chi connectivity index (χ1) is 10.6. The van der Waals surface area contributed by atoms with Crippen LogP contribution in [0.2, 0.25) is 0 Å². The molecule has 2 aromatic rings. The van der Waals surface area contributed by atoms with Crippen LogP contribution in [-0.2, 0) is 13.6 Å². The first-order valence-electron chi connectivity index (χ1n) is 7.13. The van der Waals surface area contributed by atoms with E-state index in [4.69, 9.17) is 0 Å². The molecule has 1 aromatic carbocycles. The molecule has 2 N–H and O–H groups in total. The van der Waals surface area contributed by atoms with E-state index in [1.165, 1.54) is 10.9 Å². The van der Waals surface area contributed by atoms with Crippen molar-refractivity contribution in [1.29, 1.82) is 0 Å². The molecule has 1 saturated carbocycles. The molecule has 1 fully saturated rings. The van der Waals surface area contributed by atoms with Crippen molar-refractivity contribution in [2.24, 2.45) is 7.05 Å². The summed E-state index contributed by atoms with van der Waals surface area (Å²) in [6, 6.07) is 6.49. The van der Waals surface area contributed by atoms with Crippen LogP contribution in [0.15, 0.2) is 24.3 Å². The summed E-state index contributed by atoms with van der Waals surface area (Å²) >= 11 is 0. The summed E-state index contributed by atoms with van der Waals surface area (Å²) in [7, 11) is 1.66. The number of rotatable bonds is 4. The molecule has 0 atom stereocenters. The second kappa shape index (κ2) is 6.08. The molecule has 3 rings (SSSR count). The van der Waals surface area contributed by atoms with Crippen molar-refractivity contribution in [3.05, 3.63) is 41.5 Å². The second-order valence-corrected chi connectivity index (χ2v) is 5.44. The van der Waals surface area contributed by atoms with Crippen molar-refractivity contribution in [3.8, 4) is 0 Å². The van der Waals surface area contributed by atoms with E-state index >= 15 is 0 Å². The van der Waals surface area contributed by atoms with Crippen LogP contribution in [0.4, 0.5) is 9.18 Å². The van der Waals surface area contributed by atoms with Crippen LogP contribution in [0.3, 0.4) is 0 Å². The smallest absolute Gasteiger partial charge is 0.315 e. The summed E-state index contributed by atoms with van der Waals surface area (Å²) in [6.07, 6.45) is 1.64. The van der Waals surface area contributed by atoms with Gasteiger partial charge in [-0.05, 0) is 41.7 Å². The maximum atomic E-state index is 13.2. The monoisotopic (exact) mass is 304 g/mol. The fourth-order valence-corrected chi connectivity index (χ4v) is 2.56. The third-order valence-electron chi connectivity index (χ3n) is 3.75. The van der Waals surface area contributed by atoms with Gasteiger partial charge in [-0.2, -0.15) is 4.80 Å². The number of aryl methyl sites for hydroxylation is 1. The van der Waals surface area contributed by atoms with Crippen LogP contribution >= 0.6 is 0 Å². The van der Waals surface area contributed by atoms with Gasteiger partial charge in [0.25, 0.3) is 0 Å². The average Bonchev–Trinajstić information content (AvgIpc) is 2.86. The van der Waals surface area contributed by atoms with Gasteiger partial charge in [0.1, 0.15) is 5.82 Å². The number of tetrazole rings is 1. The van der Waals surface area contributed by atoms with E-state index in [0.717, 1.165) is 18.4 Å². The van der Waals surface area contributed by atoms with Gasteiger partial charge in [-0.15, -0.1) is 10.2 Å². The molecule has 116 valence electrons. The number of carbonyl (C=O) groups excluding carboxylic acids is 1. The number of nitrogens with zero attached hydrogens (tertiary/aromatic N) is 4. The number of carbonyl (C=O) groups is 1. The van der Waals surface area contributed by atoms with Gasteiger partial charge in [-0.1, -0.05) is 12.1 Å². The van der Waals surface area contributed by atoms with Gasteiger partial charge in [-0.25, -0.2) is 9.18 Å². The lowest BCUT2D eigenvalue weighted by atomic mass is 9.76. The summed E-state index contributed by atoms with van der Waals surface area (Å²) in [5.41, 5.74) is 0.988. The summed E-state index contributed by atoms with van der Waals surface area (Å²) in [4.78, 5) is 13.1. The van der Waals surface area contributed by atoms with Gasteiger partial charge >= 0.3 is 6.03 Å². The molecule has 0 aliphatic heterocycles. The zero-order chi connectivity index (χ0) is 15.5. The number of hydrogen-bond donors (Lipinski definition) is 2. The zero-order valence-corrected chi connectivity index (χ0v) is 12.2. The molecule has 22 heavy (non-hydrogen) atoms. The van der Waals surface area contributed by atoms with Gasteiger partial charge in [-0.3, -0.25) is 0 Å². The van der Waals surface area contributed by atoms with Crippen molar-refractivity contribution in [2.45, 2.75) is 31.3 Å². The highest BCUT2D eigenvalue weighted by molar-refractivity contribution is 5.74. The van der Waals surface area contributed by atoms with Crippen LogP contribution in [0.1, 0.15) is 30.1 Å².